The average molecular weight is 270 g/mol. The van der Waals surface area contributed by atoms with Crippen LogP contribution in [-0.2, 0) is 22.7 Å². The predicted molar refractivity (Wildman–Crippen MR) is 77.7 cm³/mol. The molecular formula is C17H18O3. The molecule has 0 bridgehead atoms. The first-order chi connectivity index (χ1) is 9.74. The maximum absolute atomic E-state index is 12.3. The van der Waals surface area contributed by atoms with Crippen LogP contribution in [0.3, 0.4) is 0 Å². The SMILES string of the molecule is COCc1ccc(C(=O)c2ccc(COC)cc2)cc1. The summed E-state index contributed by atoms with van der Waals surface area (Å²) in [6, 6.07) is 15.0. The molecule has 0 radical (unpaired) electrons. The number of carbonyl (C=O) groups is 1. The molecule has 0 aliphatic carbocycles. The highest BCUT2D eigenvalue weighted by molar-refractivity contribution is 6.08. The second-order valence-corrected chi connectivity index (χ2v) is 4.59. The van der Waals surface area contributed by atoms with Crippen molar-refractivity contribution in [2.45, 2.75) is 13.2 Å². The van der Waals surface area contributed by atoms with Gasteiger partial charge < -0.3 is 9.47 Å². The molecule has 0 atom stereocenters. The molecule has 0 saturated heterocycles. The van der Waals surface area contributed by atoms with Gasteiger partial charge in [-0.15, -0.1) is 0 Å². The second-order valence-electron chi connectivity index (χ2n) is 4.59. The van der Waals surface area contributed by atoms with Gasteiger partial charge in [-0.1, -0.05) is 48.5 Å². The highest BCUT2D eigenvalue weighted by Gasteiger charge is 2.08. The third-order valence-corrected chi connectivity index (χ3v) is 3.05. The van der Waals surface area contributed by atoms with Crippen LogP contribution in [0.4, 0.5) is 0 Å². The Bertz CT molecular complexity index is 504. The lowest BCUT2D eigenvalue weighted by atomic mass is 10.0. The van der Waals surface area contributed by atoms with E-state index in [1.807, 2.05) is 48.5 Å². The number of hydrogen-bond donors (Lipinski definition) is 0. The molecule has 104 valence electrons. The molecule has 0 aliphatic rings. The van der Waals surface area contributed by atoms with Gasteiger partial charge in [-0.3, -0.25) is 4.79 Å². The lowest BCUT2D eigenvalue weighted by molar-refractivity contribution is 0.103. The van der Waals surface area contributed by atoms with Crippen molar-refractivity contribution in [2.24, 2.45) is 0 Å². The van der Waals surface area contributed by atoms with Crippen molar-refractivity contribution in [2.75, 3.05) is 14.2 Å². The standard InChI is InChI=1S/C17H18O3/c1-19-11-13-3-7-15(8-4-13)17(18)16-9-5-14(6-10-16)12-20-2/h3-10H,11-12H2,1-2H3. The number of carbonyl (C=O) groups excluding carboxylic acids is 1. The van der Waals surface area contributed by atoms with E-state index in [9.17, 15) is 4.79 Å². The van der Waals surface area contributed by atoms with E-state index in [0.717, 1.165) is 11.1 Å². The lowest BCUT2D eigenvalue weighted by Crippen LogP contribution is -2.02. The van der Waals surface area contributed by atoms with Gasteiger partial charge in [0.1, 0.15) is 0 Å². The number of hydrogen-bond acceptors (Lipinski definition) is 3. The van der Waals surface area contributed by atoms with Crippen molar-refractivity contribution in [1.82, 2.24) is 0 Å². The molecule has 0 fully saturated rings. The summed E-state index contributed by atoms with van der Waals surface area (Å²) in [5.74, 6) is 0.0259. The van der Waals surface area contributed by atoms with Crippen LogP contribution >= 0.6 is 0 Å². The van der Waals surface area contributed by atoms with Gasteiger partial charge in [-0.2, -0.15) is 0 Å². The largest absolute Gasteiger partial charge is 0.380 e. The van der Waals surface area contributed by atoms with Crippen LogP contribution in [-0.4, -0.2) is 20.0 Å². The van der Waals surface area contributed by atoms with Gasteiger partial charge in [-0.25, -0.2) is 0 Å². The smallest absolute Gasteiger partial charge is 0.193 e. The maximum Gasteiger partial charge on any atom is 0.193 e. The number of ketones is 1. The van der Waals surface area contributed by atoms with Crippen molar-refractivity contribution in [3.05, 3.63) is 70.8 Å². The van der Waals surface area contributed by atoms with E-state index < -0.39 is 0 Å². The van der Waals surface area contributed by atoms with E-state index in [4.69, 9.17) is 9.47 Å². The van der Waals surface area contributed by atoms with Crippen molar-refractivity contribution in [1.29, 1.82) is 0 Å². The van der Waals surface area contributed by atoms with E-state index in [-0.39, 0.29) is 5.78 Å². The van der Waals surface area contributed by atoms with Gasteiger partial charge in [0.15, 0.2) is 5.78 Å². The molecule has 3 nitrogen and oxygen atoms in total. The molecule has 0 heterocycles. The average Bonchev–Trinajstić information content (AvgIpc) is 2.49. The molecule has 0 spiro atoms. The van der Waals surface area contributed by atoms with Gasteiger partial charge in [0.05, 0.1) is 13.2 Å². The first kappa shape index (κ1) is 14.4. The summed E-state index contributed by atoms with van der Waals surface area (Å²) in [5.41, 5.74) is 3.48. The molecule has 2 aromatic carbocycles. The van der Waals surface area contributed by atoms with Gasteiger partial charge in [0, 0.05) is 25.3 Å². The third-order valence-electron chi connectivity index (χ3n) is 3.05. The molecular weight excluding hydrogens is 252 g/mol. The Labute approximate surface area is 119 Å². The summed E-state index contributed by atoms with van der Waals surface area (Å²) < 4.78 is 10.1. The van der Waals surface area contributed by atoms with Crippen molar-refractivity contribution in [3.8, 4) is 0 Å². The number of methoxy groups -OCH3 is 2. The van der Waals surface area contributed by atoms with Crippen LogP contribution in [0.2, 0.25) is 0 Å². The molecule has 20 heavy (non-hydrogen) atoms. The first-order valence-electron chi connectivity index (χ1n) is 6.45. The van der Waals surface area contributed by atoms with E-state index in [1.165, 1.54) is 0 Å². The zero-order chi connectivity index (χ0) is 14.4. The molecule has 0 amide bonds. The minimum atomic E-state index is 0.0259. The molecule has 0 saturated carbocycles. The predicted octanol–water partition coefficient (Wildman–Crippen LogP) is 3.21. The Hall–Kier alpha value is -1.97. The topological polar surface area (TPSA) is 35.5 Å². The molecule has 2 rings (SSSR count). The fourth-order valence-corrected chi connectivity index (χ4v) is 2.00. The third kappa shape index (κ3) is 3.53. The normalized spacial score (nSPS) is 10.5. The number of benzene rings is 2. The maximum atomic E-state index is 12.3. The summed E-state index contributed by atoms with van der Waals surface area (Å²) >= 11 is 0. The Morgan fingerprint density at radius 1 is 0.750 bits per heavy atom. The highest BCUT2D eigenvalue weighted by Crippen LogP contribution is 2.13. The summed E-state index contributed by atoms with van der Waals surface area (Å²) in [7, 11) is 3.31. The van der Waals surface area contributed by atoms with Crippen LogP contribution < -0.4 is 0 Å². The molecule has 2 aromatic rings. The van der Waals surface area contributed by atoms with Crippen LogP contribution in [0.15, 0.2) is 48.5 Å². The Balaban J connectivity index is 2.13. The molecule has 3 heteroatoms. The van der Waals surface area contributed by atoms with Crippen LogP contribution in [0.1, 0.15) is 27.0 Å². The fraction of sp³-hybridized carbons (Fsp3) is 0.235. The van der Waals surface area contributed by atoms with Crippen LogP contribution in [0, 0.1) is 0 Å². The first-order valence-corrected chi connectivity index (χ1v) is 6.45. The molecule has 0 aromatic heterocycles. The monoisotopic (exact) mass is 270 g/mol. The van der Waals surface area contributed by atoms with E-state index in [1.54, 1.807) is 14.2 Å². The summed E-state index contributed by atoms with van der Waals surface area (Å²) in [6.45, 7) is 1.11. The van der Waals surface area contributed by atoms with Crippen molar-refractivity contribution < 1.29 is 14.3 Å². The highest BCUT2D eigenvalue weighted by atomic mass is 16.5. The van der Waals surface area contributed by atoms with Gasteiger partial charge in [0.25, 0.3) is 0 Å². The van der Waals surface area contributed by atoms with E-state index in [0.29, 0.717) is 24.3 Å². The molecule has 0 unspecified atom stereocenters. The Morgan fingerprint density at radius 3 is 1.40 bits per heavy atom. The number of rotatable bonds is 6. The van der Waals surface area contributed by atoms with Crippen molar-refractivity contribution >= 4 is 5.78 Å². The zero-order valence-corrected chi connectivity index (χ0v) is 11.8. The van der Waals surface area contributed by atoms with E-state index in [2.05, 4.69) is 0 Å². The van der Waals surface area contributed by atoms with Crippen LogP contribution in [0.25, 0.3) is 0 Å². The Morgan fingerprint density at radius 2 is 1.10 bits per heavy atom. The Kier molecular flexibility index (Phi) is 5.04. The lowest BCUT2D eigenvalue weighted by Gasteiger charge is -2.05. The van der Waals surface area contributed by atoms with Gasteiger partial charge in [-0.05, 0) is 11.1 Å². The minimum Gasteiger partial charge on any atom is -0.380 e. The van der Waals surface area contributed by atoms with Crippen LogP contribution in [0.5, 0.6) is 0 Å². The molecule has 0 N–H and O–H groups in total. The fourth-order valence-electron chi connectivity index (χ4n) is 2.00. The van der Waals surface area contributed by atoms with Gasteiger partial charge in [0.2, 0.25) is 0 Å². The number of ether oxygens (including phenoxy) is 2. The second kappa shape index (κ2) is 6.98. The van der Waals surface area contributed by atoms with Crippen molar-refractivity contribution in [3.63, 3.8) is 0 Å². The minimum absolute atomic E-state index is 0.0259. The summed E-state index contributed by atoms with van der Waals surface area (Å²) in [6.07, 6.45) is 0. The summed E-state index contributed by atoms with van der Waals surface area (Å²) in [4.78, 5) is 12.3. The quantitative estimate of drug-likeness (QED) is 0.756. The summed E-state index contributed by atoms with van der Waals surface area (Å²) in [5, 5.41) is 0. The van der Waals surface area contributed by atoms with E-state index >= 15 is 0 Å². The van der Waals surface area contributed by atoms with Gasteiger partial charge >= 0.3 is 0 Å². The zero-order valence-electron chi connectivity index (χ0n) is 11.8. The molecule has 0 aliphatic heterocycles.